The summed E-state index contributed by atoms with van der Waals surface area (Å²) in [5.74, 6) is 0. The van der Waals surface area contributed by atoms with E-state index in [1.54, 1.807) is 0 Å². The van der Waals surface area contributed by atoms with E-state index in [1.165, 1.54) is 70.8 Å². The quantitative estimate of drug-likeness (QED) is 0.198. The second-order valence-electron chi connectivity index (χ2n) is 12.9. The Kier molecular flexibility index (Phi) is 5.71. The Morgan fingerprint density at radius 3 is 1.27 bits per heavy atom. The molecular weight excluding hydrogens is 595 g/mol. The number of aromatic nitrogens is 1. The predicted octanol–water partition coefficient (Wildman–Crippen LogP) is 11.9. The van der Waals surface area contributed by atoms with E-state index in [1.807, 2.05) is 48.5 Å². The first kappa shape index (κ1) is 27.2. The van der Waals surface area contributed by atoms with Gasteiger partial charge in [0.25, 0.3) is 0 Å². The molecule has 0 N–H and O–H groups in total. The maximum atomic E-state index is 9.29. The van der Waals surface area contributed by atoms with Crippen molar-refractivity contribution in [1.82, 2.24) is 4.40 Å². The van der Waals surface area contributed by atoms with Gasteiger partial charge in [-0.25, -0.2) is 0 Å². The lowest BCUT2D eigenvalue weighted by Crippen LogP contribution is -1.85. The summed E-state index contributed by atoms with van der Waals surface area (Å²) in [7, 11) is 0. The van der Waals surface area contributed by atoms with Crippen LogP contribution in [0.3, 0.4) is 0 Å². The summed E-state index contributed by atoms with van der Waals surface area (Å²) in [5, 5.41) is 28.3. The Morgan fingerprint density at radius 2 is 0.796 bits per heavy atom. The molecule has 0 unspecified atom stereocenters. The van der Waals surface area contributed by atoms with Crippen LogP contribution < -0.4 is 0 Å². The summed E-state index contributed by atoms with van der Waals surface area (Å²) >= 11 is 0. The maximum absolute atomic E-state index is 9.29. The van der Waals surface area contributed by atoms with Crippen LogP contribution in [-0.2, 0) is 0 Å². The standard InChI is InChI=1S/C46H25N3/c47-26-28-6-10-31(11-7-28)33-14-16-35-20-40-42-22-39(30-4-2-1-3-5-30)23-43-41-21-36-17-15-34(32-12-8-29(27-48)9-13-32)19-38(36)25-45(41)49(46(42)43)44(40)24-37(35)18-33/h1-25H. The van der Waals surface area contributed by atoms with Gasteiger partial charge >= 0.3 is 0 Å². The lowest BCUT2D eigenvalue weighted by molar-refractivity contribution is 1.38. The van der Waals surface area contributed by atoms with E-state index in [2.05, 4.69) is 120 Å². The van der Waals surface area contributed by atoms with Crippen LogP contribution in [-0.4, -0.2) is 4.40 Å². The number of rotatable bonds is 3. The Hall–Kier alpha value is -6.94. The van der Waals surface area contributed by atoms with Crippen molar-refractivity contribution in [2.45, 2.75) is 0 Å². The molecule has 2 heterocycles. The summed E-state index contributed by atoms with van der Waals surface area (Å²) in [6, 6.07) is 58.1. The summed E-state index contributed by atoms with van der Waals surface area (Å²) in [5.41, 5.74) is 11.8. The van der Waals surface area contributed by atoms with Crippen LogP contribution in [0.5, 0.6) is 0 Å². The molecule has 0 saturated carbocycles. The predicted molar refractivity (Wildman–Crippen MR) is 202 cm³/mol. The van der Waals surface area contributed by atoms with E-state index < -0.39 is 0 Å². The first-order chi connectivity index (χ1) is 24.1. The molecule has 0 saturated heterocycles. The molecule has 8 aromatic carbocycles. The van der Waals surface area contributed by atoms with Crippen molar-refractivity contribution >= 4 is 59.6 Å². The van der Waals surface area contributed by atoms with Crippen molar-refractivity contribution in [1.29, 1.82) is 10.5 Å². The highest BCUT2D eigenvalue weighted by Crippen LogP contribution is 2.44. The van der Waals surface area contributed by atoms with Crippen molar-refractivity contribution in [2.24, 2.45) is 0 Å². The second kappa shape index (κ2) is 10.3. The summed E-state index contributed by atoms with van der Waals surface area (Å²) in [4.78, 5) is 0. The third-order valence-corrected chi connectivity index (χ3v) is 10.1. The van der Waals surface area contributed by atoms with Crippen LogP contribution in [0.15, 0.2) is 152 Å². The zero-order chi connectivity index (χ0) is 32.6. The fourth-order valence-corrected chi connectivity index (χ4v) is 7.66. The van der Waals surface area contributed by atoms with Crippen LogP contribution in [0.25, 0.3) is 93.0 Å². The minimum atomic E-state index is 0.662. The van der Waals surface area contributed by atoms with Crippen LogP contribution >= 0.6 is 0 Å². The second-order valence-corrected chi connectivity index (χ2v) is 12.9. The molecule has 0 spiro atoms. The third-order valence-electron chi connectivity index (χ3n) is 10.1. The first-order valence-electron chi connectivity index (χ1n) is 16.4. The summed E-state index contributed by atoms with van der Waals surface area (Å²) < 4.78 is 2.46. The van der Waals surface area contributed by atoms with Gasteiger partial charge in [0.05, 0.1) is 39.8 Å². The molecule has 0 aliphatic rings. The molecule has 10 rings (SSSR count). The Labute approximate surface area is 282 Å². The molecule has 49 heavy (non-hydrogen) atoms. The molecule has 3 nitrogen and oxygen atoms in total. The number of nitriles is 2. The molecule has 0 radical (unpaired) electrons. The van der Waals surface area contributed by atoms with Gasteiger partial charge in [-0.3, -0.25) is 0 Å². The van der Waals surface area contributed by atoms with Crippen molar-refractivity contribution in [3.63, 3.8) is 0 Å². The zero-order valence-corrected chi connectivity index (χ0v) is 26.3. The van der Waals surface area contributed by atoms with E-state index in [0.29, 0.717) is 11.1 Å². The minimum Gasteiger partial charge on any atom is -0.308 e. The van der Waals surface area contributed by atoms with Crippen LogP contribution in [0.4, 0.5) is 0 Å². The molecule has 0 bridgehead atoms. The van der Waals surface area contributed by atoms with E-state index in [9.17, 15) is 10.5 Å². The number of fused-ring (bicyclic) bond motifs is 8. The fourth-order valence-electron chi connectivity index (χ4n) is 7.66. The van der Waals surface area contributed by atoms with Gasteiger partial charge in [-0.15, -0.1) is 0 Å². The minimum absolute atomic E-state index is 0.662. The molecule has 0 aliphatic heterocycles. The highest BCUT2D eigenvalue weighted by molar-refractivity contribution is 6.27. The fraction of sp³-hybridized carbons (Fsp3) is 0. The maximum Gasteiger partial charge on any atom is 0.0991 e. The summed E-state index contributed by atoms with van der Waals surface area (Å²) in [6.07, 6.45) is 0. The number of nitrogens with zero attached hydrogens (tertiary/aromatic N) is 3. The average Bonchev–Trinajstić information content (AvgIpc) is 3.66. The molecule has 0 amide bonds. The van der Waals surface area contributed by atoms with Gasteiger partial charge < -0.3 is 4.40 Å². The largest absolute Gasteiger partial charge is 0.308 e. The van der Waals surface area contributed by atoms with Crippen LogP contribution in [0.1, 0.15) is 11.1 Å². The van der Waals surface area contributed by atoms with Gasteiger partial charge in [0.2, 0.25) is 0 Å². The van der Waals surface area contributed by atoms with Crippen molar-refractivity contribution in [3.8, 4) is 45.5 Å². The van der Waals surface area contributed by atoms with Crippen LogP contribution in [0, 0.1) is 22.7 Å². The highest BCUT2D eigenvalue weighted by Gasteiger charge is 2.20. The van der Waals surface area contributed by atoms with E-state index in [-0.39, 0.29) is 0 Å². The lowest BCUT2D eigenvalue weighted by atomic mass is 9.96. The Bertz CT molecular complexity index is 2840. The lowest BCUT2D eigenvalue weighted by Gasteiger charge is -2.08. The zero-order valence-electron chi connectivity index (χ0n) is 26.3. The SMILES string of the molecule is N#Cc1ccc(-c2ccc3cc4c5cc(-c6ccccc6)cc6c7cc8ccc(-c9ccc(C#N)cc9)cc8cc7n(c4cc3c2)c56)cc1. The van der Waals surface area contributed by atoms with Gasteiger partial charge in [0.15, 0.2) is 0 Å². The topological polar surface area (TPSA) is 52.0 Å². The molecule has 3 heteroatoms. The highest BCUT2D eigenvalue weighted by atomic mass is 14.9. The van der Waals surface area contributed by atoms with Gasteiger partial charge in [-0.1, -0.05) is 78.9 Å². The van der Waals surface area contributed by atoms with Gasteiger partial charge in [0, 0.05) is 21.5 Å². The monoisotopic (exact) mass is 619 g/mol. The molecule has 0 atom stereocenters. The summed E-state index contributed by atoms with van der Waals surface area (Å²) in [6.45, 7) is 0. The van der Waals surface area contributed by atoms with Crippen molar-refractivity contribution < 1.29 is 0 Å². The molecular formula is C46H25N3. The van der Waals surface area contributed by atoms with Crippen molar-refractivity contribution in [2.75, 3.05) is 0 Å². The molecule has 0 fully saturated rings. The molecule has 2 aromatic heterocycles. The van der Waals surface area contributed by atoms with Gasteiger partial charge in [-0.2, -0.15) is 10.5 Å². The van der Waals surface area contributed by atoms with Gasteiger partial charge in [-0.05, 0) is 128 Å². The average molecular weight is 620 g/mol. The normalized spacial score (nSPS) is 11.6. The smallest absolute Gasteiger partial charge is 0.0991 e. The van der Waals surface area contributed by atoms with Gasteiger partial charge in [0.1, 0.15) is 0 Å². The molecule has 224 valence electrons. The van der Waals surface area contributed by atoms with Crippen molar-refractivity contribution in [3.05, 3.63) is 163 Å². The molecule has 0 aliphatic carbocycles. The van der Waals surface area contributed by atoms with E-state index in [0.717, 1.165) is 22.3 Å². The van der Waals surface area contributed by atoms with E-state index >= 15 is 0 Å². The Morgan fingerprint density at radius 1 is 0.347 bits per heavy atom. The number of benzene rings is 8. The van der Waals surface area contributed by atoms with E-state index in [4.69, 9.17) is 0 Å². The molecule has 10 aromatic rings. The number of hydrogen-bond donors (Lipinski definition) is 0. The first-order valence-corrected chi connectivity index (χ1v) is 16.4. The number of hydrogen-bond acceptors (Lipinski definition) is 2. The van der Waals surface area contributed by atoms with Crippen LogP contribution in [0.2, 0.25) is 0 Å². The Balaban J connectivity index is 1.27. The third kappa shape index (κ3) is 4.14.